The first-order valence-electron chi connectivity index (χ1n) is 7.93. The molecule has 24 heavy (non-hydrogen) atoms. The van der Waals surface area contributed by atoms with Crippen LogP contribution in [0.15, 0.2) is 75.9 Å². The van der Waals surface area contributed by atoms with Gasteiger partial charge in [-0.1, -0.05) is 39.5 Å². The van der Waals surface area contributed by atoms with Gasteiger partial charge in [0, 0.05) is 0 Å². The van der Waals surface area contributed by atoms with Crippen molar-refractivity contribution in [3.63, 3.8) is 0 Å². The molecule has 0 unspecified atom stereocenters. The fourth-order valence-corrected chi connectivity index (χ4v) is 3.06. The van der Waals surface area contributed by atoms with Gasteiger partial charge in [0.15, 0.2) is 0 Å². The lowest BCUT2D eigenvalue weighted by Gasteiger charge is -2.42. The van der Waals surface area contributed by atoms with Crippen LogP contribution in [0, 0.1) is 0 Å². The summed E-state index contributed by atoms with van der Waals surface area (Å²) in [6, 6.07) is 0. The summed E-state index contributed by atoms with van der Waals surface area (Å²) in [6.07, 6.45) is 12.0. The van der Waals surface area contributed by atoms with Gasteiger partial charge in [0.2, 0.25) is 0 Å². The first-order valence-corrected chi connectivity index (χ1v) is 7.93. The predicted molar refractivity (Wildman–Crippen MR) is 101 cm³/mol. The van der Waals surface area contributed by atoms with Crippen molar-refractivity contribution in [1.29, 1.82) is 0 Å². The van der Waals surface area contributed by atoms with Crippen LogP contribution >= 0.6 is 0 Å². The zero-order chi connectivity index (χ0) is 16.9. The number of hydrogen-bond acceptors (Lipinski definition) is 0. The summed E-state index contributed by atoms with van der Waals surface area (Å²) in [6.45, 7) is 31.2. The molecule has 0 bridgehead atoms. The molecule has 0 saturated carbocycles. The second-order valence-electron chi connectivity index (χ2n) is 5.96. The molecule has 0 aromatic rings. The van der Waals surface area contributed by atoms with Gasteiger partial charge in [0.25, 0.3) is 0 Å². The second-order valence-corrected chi connectivity index (χ2v) is 5.96. The number of rotatable bonds is 15. The molecule has 0 rings (SSSR count). The minimum Gasteiger partial charge on any atom is -1.00 e. The Labute approximate surface area is 147 Å². The van der Waals surface area contributed by atoms with Crippen molar-refractivity contribution in [1.82, 2.24) is 0 Å². The maximum Gasteiger partial charge on any atom is 0.129 e. The van der Waals surface area contributed by atoms with Gasteiger partial charge < -0.3 is 18.4 Å². The topological polar surface area (TPSA) is 0 Å². The molecule has 0 radical (unpaired) electrons. The van der Waals surface area contributed by atoms with E-state index in [9.17, 15) is 0 Å². The number of nitrogens with zero attached hydrogens (tertiary/aromatic N) is 2. The SMILES string of the molecule is C=CC[N+](CC=C)(CC=C)CC[N+](CC=C)(CC=C)CC=C.[F-].[F-]. The summed E-state index contributed by atoms with van der Waals surface area (Å²) in [5.74, 6) is 0. The summed E-state index contributed by atoms with van der Waals surface area (Å²) < 4.78 is 1.84. The molecule has 0 spiro atoms. The molecule has 4 heteroatoms. The third-order valence-electron chi connectivity index (χ3n) is 4.15. The maximum absolute atomic E-state index is 3.93. The molecule has 2 nitrogen and oxygen atoms in total. The Bertz CT molecular complexity index is 311. The van der Waals surface area contributed by atoms with E-state index in [4.69, 9.17) is 0 Å². The van der Waals surface area contributed by atoms with Crippen LogP contribution in [0.4, 0.5) is 0 Å². The Morgan fingerprint density at radius 2 is 0.583 bits per heavy atom. The second kappa shape index (κ2) is 14.8. The smallest absolute Gasteiger partial charge is 0.129 e. The summed E-state index contributed by atoms with van der Waals surface area (Å²) in [5, 5.41) is 0. The average Bonchev–Trinajstić information content (AvgIpc) is 2.47. The van der Waals surface area contributed by atoms with Gasteiger partial charge in [-0.15, -0.1) is 0 Å². The molecule has 138 valence electrons. The highest BCUT2D eigenvalue weighted by molar-refractivity contribution is 4.79. The average molecular weight is 341 g/mol. The lowest BCUT2D eigenvalue weighted by molar-refractivity contribution is -0.966. The van der Waals surface area contributed by atoms with E-state index in [0.29, 0.717) is 0 Å². The molecule has 0 amide bonds. The molecule has 0 heterocycles. The highest BCUT2D eigenvalue weighted by Gasteiger charge is 2.30. The molecule has 0 aliphatic rings. The first kappa shape index (κ1) is 27.1. The van der Waals surface area contributed by atoms with E-state index in [1.54, 1.807) is 0 Å². The van der Waals surface area contributed by atoms with E-state index < -0.39 is 0 Å². The van der Waals surface area contributed by atoms with E-state index >= 15 is 0 Å². The predicted octanol–water partition coefficient (Wildman–Crippen LogP) is -2.26. The molecule has 0 aliphatic carbocycles. The summed E-state index contributed by atoms with van der Waals surface area (Å²) in [5.41, 5.74) is 0. The van der Waals surface area contributed by atoms with E-state index in [1.165, 1.54) is 0 Å². The van der Waals surface area contributed by atoms with Gasteiger partial charge in [-0.2, -0.15) is 0 Å². The van der Waals surface area contributed by atoms with Gasteiger partial charge in [0.05, 0.1) is 39.3 Å². The molecule has 0 aromatic carbocycles. The lowest BCUT2D eigenvalue weighted by atomic mass is 10.2. The molecule has 0 atom stereocenters. The Morgan fingerprint density at radius 1 is 0.417 bits per heavy atom. The van der Waals surface area contributed by atoms with Crippen LogP contribution in [0.2, 0.25) is 0 Å². The largest absolute Gasteiger partial charge is 1.00 e. The molecule has 0 saturated heterocycles. The van der Waals surface area contributed by atoms with Gasteiger partial charge in [-0.05, 0) is 36.5 Å². The Morgan fingerprint density at radius 3 is 0.708 bits per heavy atom. The molecular formula is C20H34F2N2. The van der Waals surface area contributed by atoms with Crippen molar-refractivity contribution < 1.29 is 18.4 Å². The third kappa shape index (κ3) is 8.75. The van der Waals surface area contributed by atoms with Crippen molar-refractivity contribution in [2.75, 3.05) is 52.4 Å². The highest BCUT2D eigenvalue weighted by atomic mass is 19.0. The van der Waals surface area contributed by atoms with Crippen molar-refractivity contribution in [3.05, 3.63) is 75.9 Å². The van der Waals surface area contributed by atoms with Gasteiger partial charge >= 0.3 is 0 Å². The van der Waals surface area contributed by atoms with Crippen molar-refractivity contribution in [2.45, 2.75) is 0 Å². The Balaban J connectivity index is -0.00000220. The number of hydrogen-bond donors (Lipinski definition) is 0. The van der Waals surface area contributed by atoms with Crippen LogP contribution in [-0.2, 0) is 0 Å². The zero-order valence-corrected chi connectivity index (χ0v) is 15.0. The van der Waals surface area contributed by atoms with Crippen LogP contribution in [0.5, 0.6) is 0 Å². The van der Waals surface area contributed by atoms with Gasteiger partial charge in [-0.25, -0.2) is 0 Å². The van der Waals surface area contributed by atoms with Crippen molar-refractivity contribution >= 4 is 0 Å². The summed E-state index contributed by atoms with van der Waals surface area (Å²) in [4.78, 5) is 0. The van der Waals surface area contributed by atoms with Gasteiger partial charge in [-0.3, -0.25) is 0 Å². The normalized spacial score (nSPS) is 10.5. The first-order chi connectivity index (χ1) is 10.6. The van der Waals surface area contributed by atoms with Crippen LogP contribution in [-0.4, -0.2) is 61.3 Å². The molecule has 0 aromatic heterocycles. The van der Waals surface area contributed by atoms with E-state index in [-0.39, 0.29) is 9.41 Å². The van der Waals surface area contributed by atoms with Crippen LogP contribution in [0.25, 0.3) is 0 Å². The van der Waals surface area contributed by atoms with Gasteiger partial charge in [0.1, 0.15) is 13.1 Å². The Hall–Kier alpha value is -1.78. The lowest BCUT2D eigenvalue weighted by Crippen LogP contribution is -3.00. The quantitative estimate of drug-likeness (QED) is 0.233. The molecule has 0 fully saturated rings. The number of quaternary nitrogens is 2. The Kier molecular flexibility index (Phi) is 16.7. The molecule has 0 aliphatic heterocycles. The number of halogens is 2. The van der Waals surface area contributed by atoms with E-state index in [2.05, 4.69) is 39.5 Å². The molecular weight excluding hydrogens is 306 g/mol. The fourth-order valence-electron chi connectivity index (χ4n) is 3.06. The van der Waals surface area contributed by atoms with E-state index in [1.807, 2.05) is 36.5 Å². The zero-order valence-electron chi connectivity index (χ0n) is 15.0. The summed E-state index contributed by atoms with van der Waals surface area (Å²) in [7, 11) is 0. The van der Waals surface area contributed by atoms with Crippen molar-refractivity contribution in [3.8, 4) is 0 Å². The fraction of sp³-hybridized carbons (Fsp3) is 0.400. The minimum absolute atomic E-state index is 0. The monoisotopic (exact) mass is 340 g/mol. The van der Waals surface area contributed by atoms with Crippen molar-refractivity contribution in [2.24, 2.45) is 0 Å². The highest BCUT2D eigenvalue weighted by Crippen LogP contribution is 2.14. The third-order valence-corrected chi connectivity index (χ3v) is 4.15. The van der Waals surface area contributed by atoms with Crippen LogP contribution in [0.1, 0.15) is 0 Å². The molecule has 0 N–H and O–H groups in total. The minimum atomic E-state index is 0. The standard InChI is InChI=1S/C20H34N2.2FH/c1-7-13-21(14-8-2,15-9-3)19-20-22(16-10-4,17-11-5)18-12-6;;/h7-12H,1-6,13-20H2;2*1H/q+2;;/p-2. The summed E-state index contributed by atoms with van der Waals surface area (Å²) >= 11 is 0. The van der Waals surface area contributed by atoms with Crippen LogP contribution in [0.3, 0.4) is 0 Å². The van der Waals surface area contributed by atoms with E-state index in [0.717, 1.165) is 61.3 Å². The van der Waals surface area contributed by atoms with Crippen LogP contribution < -0.4 is 9.41 Å². The maximum atomic E-state index is 3.93.